The topological polar surface area (TPSA) is 49.2 Å². The molecule has 0 spiro atoms. The second-order valence-electron chi connectivity index (χ2n) is 5.20. The van der Waals surface area contributed by atoms with E-state index in [4.69, 9.17) is 21.1 Å². The van der Waals surface area contributed by atoms with Gasteiger partial charge in [0.15, 0.2) is 11.0 Å². The molecule has 0 amide bonds. The molecule has 1 heterocycles. The zero-order valence-corrected chi connectivity index (χ0v) is 15.6. The first kappa shape index (κ1) is 18.4. The van der Waals surface area contributed by atoms with Crippen LogP contribution in [0.2, 0.25) is 5.02 Å². The predicted octanol–water partition coefficient (Wildman–Crippen LogP) is 4.75. The summed E-state index contributed by atoms with van der Waals surface area (Å²) in [7, 11) is 0. The summed E-state index contributed by atoms with van der Waals surface area (Å²) in [6.07, 6.45) is 1.44. The number of hydrogen-bond acceptors (Lipinski definition) is 5. The number of para-hydroxylation sites is 1. The van der Waals surface area contributed by atoms with Gasteiger partial charge in [-0.3, -0.25) is 4.57 Å². The number of hydrogen-bond donors (Lipinski definition) is 0. The summed E-state index contributed by atoms with van der Waals surface area (Å²) in [5.74, 6) is 2.19. The Morgan fingerprint density at radius 3 is 2.58 bits per heavy atom. The van der Waals surface area contributed by atoms with Crippen LogP contribution in [0.4, 0.5) is 0 Å². The molecule has 3 rings (SSSR count). The molecule has 7 heteroatoms. The minimum absolute atomic E-state index is 0.299. The van der Waals surface area contributed by atoms with Gasteiger partial charge in [-0.25, -0.2) is 0 Å². The van der Waals surface area contributed by atoms with Crippen molar-refractivity contribution in [3.63, 3.8) is 0 Å². The lowest BCUT2D eigenvalue weighted by molar-refractivity contribution is 0.274. The first-order chi connectivity index (χ1) is 12.8. The van der Waals surface area contributed by atoms with Crippen molar-refractivity contribution < 1.29 is 9.47 Å². The van der Waals surface area contributed by atoms with Gasteiger partial charge in [0.1, 0.15) is 12.4 Å². The Balaban J connectivity index is 1.78. The molecule has 0 atom stereocenters. The van der Waals surface area contributed by atoms with E-state index in [-0.39, 0.29) is 0 Å². The van der Waals surface area contributed by atoms with Crippen LogP contribution in [0.25, 0.3) is 5.69 Å². The quantitative estimate of drug-likeness (QED) is 0.301. The fraction of sp³-hybridized carbons (Fsp3) is 0.158. The van der Waals surface area contributed by atoms with Gasteiger partial charge in [0.2, 0.25) is 0 Å². The minimum Gasteiger partial charge on any atom is -0.501 e. The predicted molar refractivity (Wildman–Crippen MR) is 104 cm³/mol. The molecule has 1 aromatic heterocycles. The summed E-state index contributed by atoms with van der Waals surface area (Å²) in [4.78, 5) is 0. The third kappa shape index (κ3) is 4.80. The number of aromatic nitrogens is 3. The van der Waals surface area contributed by atoms with Crippen molar-refractivity contribution in [3.8, 4) is 11.4 Å². The zero-order valence-electron chi connectivity index (χ0n) is 14.0. The molecule has 0 saturated carbocycles. The van der Waals surface area contributed by atoms with E-state index in [9.17, 15) is 0 Å². The van der Waals surface area contributed by atoms with E-state index in [1.807, 2.05) is 47.0 Å². The van der Waals surface area contributed by atoms with Gasteiger partial charge in [-0.15, -0.1) is 10.2 Å². The highest BCUT2D eigenvalue weighted by atomic mass is 35.5. The normalized spacial score (nSPS) is 10.5. The number of benzene rings is 2. The van der Waals surface area contributed by atoms with Crippen molar-refractivity contribution in [1.29, 1.82) is 0 Å². The summed E-state index contributed by atoms with van der Waals surface area (Å²) >= 11 is 7.48. The number of rotatable bonds is 9. The second-order valence-corrected chi connectivity index (χ2v) is 6.70. The van der Waals surface area contributed by atoms with Crippen molar-refractivity contribution in [3.05, 3.63) is 78.3 Å². The number of nitrogens with zero attached hydrogens (tertiary/aromatic N) is 3. The van der Waals surface area contributed by atoms with Gasteiger partial charge in [0, 0.05) is 16.5 Å². The Morgan fingerprint density at radius 1 is 1.08 bits per heavy atom. The molecule has 0 saturated heterocycles. The maximum atomic E-state index is 5.91. The van der Waals surface area contributed by atoms with Crippen molar-refractivity contribution in [2.75, 3.05) is 12.4 Å². The first-order valence-electron chi connectivity index (χ1n) is 8.01. The lowest BCUT2D eigenvalue weighted by atomic mass is 10.3. The van der Waals surface area contributed by atoms with Gasteiger partial charge in [-0.1, -0.05) is 48.1 Å². The van der Waals surface area contributed by atoms with Crippen molar-refractivity contribution in [2.45, 2.75) is 11.8 Å². The van der Waals surface area contributed by atoms with Crippen LogP contribution in [0.3, 0.4) is 0 Å². The van der Waals surface area contributed by atoms with E-state index in [0.29, 0.717) is 18.2 Å². The molecule has 0 radical (unpaired) electrons. The van der Waals surface area contributed by atoms with Gasteiger partial charge in [-0.2, -0.15) is 0 Å². The van der Waals surface area contributed by atoms with Crippen LogP contribution < -0.4 is 4.74 Å². The number of thioether (sulfide) groups is 1. The highest BCUT2D eigenvalue weighted by Crippen LogP contribution is 2.23. The average molecular weight is 388 g/mol. The third-order valence-electron chi connectivity index (χ3n) is 3.45. The molecule has 3 aromatic rings. The summed E-state index contributed by atoms with van der Waals surface area (Å²) in [6, 6.07) is 17.2. The largest absolute Gasteiger partial charge is 0.501 e. The van der Waals surface area contributed by atoms with Crippen LogP contribution in [0.15, 0.2) is 72.6 Å². The molecule has 0 N–H and O–H groups in total. The second kappa shape index (κ2) is 9.31. The number of ether oxygens (including phenoxy) is 2. The Labute approximate surface area is 161 Å². The summed E-state index contributed by atoms with van der Waals surface area (Å²) in [5.41, 5.74) is 0.986. The van der Waals surface area contributed by atoms with Gasteiger partial charge < -0.3 is 9.47 Å². The molecule has 26 heavy (non-hydrogen) atoms. The molecular formula is C19H18ClN3O2S. The van der Waals surface area contributed by atoms with E-state index in [2.05, 4.69) is 16.8 Å². The van der Waals surface area contributed by atoms with Gasteiger partial charge >= 0.3 is 0 Å². The Kier molecular flexibility index (Phi) is 6.57. The third-order valence-corrected chi connectivity index (χ3v) is 4.59. The summed E-state index contributed by atoms with van der Waals surface area (Å²) in [6.45, 7) is 4.40. The molecule has 2 aromatic carbocycles. The average Bonchev–Trinajstić information content (AvgIpc) is 3.08. The number of halogens is 1. The van der Waals surface area contributed by atoms with Gasteiger partial charge in [-0.05, 0) is 36.4 Å². The van der Waals surface area contributed by atoms with Crippen LogP contribution in [-0.4, -0.2) is 27.1 Å². The van der Waals surface area contributed by atoms with E-state index >= 15 is 0 Å². The van der Waals surface area contributed by atoms with Crippen molar-refractivity contribution in [2.24, 2.45) is 0 Å². The first-order valence-corrected chi connectivity index (χ1v) is 9.37. The maximum absolute atomic E-state index is 5.91. The molecule has 134 valence electrons. The standard InChI is InChI=1S/C19H18ClN3O2S/c1-2-24-12-13-26-19-22-21-18(23(19)16-6-4-3-5-7-16)14-25-17-10-8-15(20)9-11-17/h2-11H,1,12-14H2. The molecule has 0 bridgehead atoms. The smallest absolute Gasteiger partial charge is 0.196 e. The van der Waals surface area contributed by atoms with Gasteiger partial charge in [0.05, 0.1) is 12.9 Å². The fourth-order valence-electron chi connectivity index (χ4n) is 2.27. The van der Waals surface area contributed by atoms with Crippen LogP contribution in [0.1, 0.15) is 5.82 Å². The van der Waals surface area contributed by atoms with E-state index in [1.165, 1.54) is 6.26 Å². The van der Waals surface area contributed by atoms with Crippen molar-refractivity contribution in [1.82, 2.24) is 14.8 Å². The lowest BCUT2D eigenvalue weighted by Gasteiger charge is -2.11. The zero-order chi connectivity index (χ0) is 18.2. The highest BCUT2D eigenvalue weighted by molar-refractivity contribution is 7.99. The minimum atomic E-state index is 0.299. The van der Waals surface area contributed by atoms with Crippen molar-refractivity contribution >= 4 is 23.4 Å². The fourth-order valence-corrected chi connectivity index (χ4v) is 3.19. The van der Waals surface area contributed by atoms with E-state index in [0.717, 1.165) is 28.2 Å². The summed E-state index contributed by atoms with van der Waals surface area (Å²) in [5, 5.41) is 10.1. The molecular weight excluding hydrogens is 370 g/mol. The maximum Gasteiger partial charge on any atom is 0.196 e. The van der Waals surface area contributed by atoms with Crippen LogP contribution in [0.5, 0.6) is 5.75 Å². The highest BCUT2D eigenvalue weighted by Gasteiger charge is 2.15. The lowest BCUT2D eigenvalue weighted by Crippen LogP contribution is -2.07. The molecule has 0 aliphatic heterocycles. The van der Waals surface area contributed by atoms with Crippen LogP contribution in [-0.2, 0) is 11.3 Å². The SMILES string of the molecule is C=COCCSc1nnc(COc2ccc(Cl)cc2)n1-c1ccccc1. The Bertz CT molecular complexity index is 838. The van der Waals surface area contributed by atoms with E-state index in [1.54, 1.807) is 23.9 Å². The molecule has 0 aliphatic rings. The van der Waals surface area contributed by atoms with Crippen LogP contribution in [0, 0.1) is 0 Å². The van der Waals surface area contributed by atoms with Crippen LogP contribution >= 0.6 is 23.4 Å². The summed E-state index contributed by atoms with van der Waals surface area (Å²) < 4.78 is 13.0. The van der Waals surface area contributed by atoms with E-state index < -0.39 is 0 Å². The monoisotopic (exact) mass is 387 g/mol. The molecule has 0 aliphatic carbocycles. The Hall–Kier alpha value is -2.44. The van der Waals surface area contributed by atoms with Gasteiger partial charge in [0.25, 0.3) is 0 Å². The Morgan fingerprint density at radius 2 is 1.85 bits per heavy atom. The molecule has 0 unspecified atom stereocenters. The molecule has 0 fully saturated rings. The molecule has 5 nitrogen and oxygen atoms in total.